The quantitative estimate of drug-likeness (QED) is 0.644. The molecular weight excluding hydrogens is 350 g/mol. The fourth-order valence-corrected chi connectivity index (χ4v) is 3.88. The van der Waals surface area contributed by atoms with Gasteiger partial charge in [0.05, 0.1) is 5.69 Å². The van der Waals surface area contributed by atoms with E-state index in [0.717, 1.165) is 42.2 Å². The van der Waals surface area contributed by atoms with E-state index in [1.54, 1.807) is 6.07 Å². The summed E-state index contributed by atoms with van der Waals surface area (Å²) in [7, 11) is 2.05. The van der Waals surface area contributed by atoms with Gasteiger partial charge in [-0.05, 0) is 48.7 Å². The summed E-state index contributed by atoms with van der Waals surface area (Å²) >= 11 is 0. The Kier molecular flexibility index (Phi) is 5.07. The predicted molar refractivity (Wildman–Crippen MR) is 110 cm³/mol. The van der Waals surface area contributed by atoms with Crippen molar-refractivity contribution in [3.05, 3.63) is 72.1 Å². The number of hydrogen-bond acceptors (Lipinski definition) is 6. The maximum absolute atomic E-state index is 9.57. The van der Waals surface area contributed by atoms with Crippen LogP contribution in [0, 0.1) is 0 Å². The number of benzene rings is 1. The Balaban J connectivity index is 1.52. The molecule has 0 bridgehead atoms. The molecule has 2 aromatic heterocycles. The highest BCUT2D eigenvalue weighted by Gasteiger charge is 2.41. The van der Waals surface area contributed by atoms with E-state index in [9.17, 15) is 5.11 Å². The minimum absolute atomic E-state index is 0.0992. The lowest BCUT2D eigenvalue weighted by molar-refractivity contribution is 0.186. The summed E-state index contributed by atoms with van der Waals surface area (Å²) < 4.78 is 0. The van der Waals surface area contributed by atoms with E-state index in [2.05, 4.69) is 39.3 Å². The molecule has 1 aliphatic carbocycles. The van der Waals surface area contributed by atoms with Crippen molar-refractivity contribution < 1.29 is 5.11 Å². The third kappa shape index (κ3) is 3.61. The molecule has 0 radical (unpaired) electrons. The average molecular weight is 375 g/mol. The molecule has 1 aromatic carbocycles. The number of aromatic nitrogens is 3. The molecule has 3 aromatic rings. The van der Waals surface area contributed by atoms with Crippen LogP contribution in [0.25, 0.3) is 11.3 Å². The summed E-state index contributed by atoms with van der Waals surface area (Å²) in [6.07, 6.45) is 4.40. The Morgan fingerprint density at radius 2 is 1.96 bits per heavy atom. The first-order chi connectivity index (χ1) is 13.6. The molecule has 3 N–H and O–H groups in total. The first kappa shape index (κ1) is 18.5. The van der Waals surface area contributed by atoms with Gasteiger partial charge >= 0.3 is 0 Å². The van der Waals surface area contributed by atoms with Gasteiger partial charge in [-0.15, -0.1) is 10.2 Å². The van der Waals surface area contributed by atoms with E-state index in [1.165, 1.54) is 6.42 Å². The number of aliphatic hydroxyl groups excluding tert-OH is 1. The molecule has 144 valence electrons. The van der Waals surface area contributed by atoms with Crippen molar-refractivity contribution in [2.75, 3.05) is 18.5 Å². The van der Waals surface area contributed by atoms with Gasteiger partial charge < -0.3 is 15.7 Å². The van der Waals surface area contributed by atoms with Crippen LogP contribution in [0.15, 0.2) is 60.8 Å². The third-order valence-corrected chi connectivity index (χ3v) is 5.62. The summed E-state index contributed by atoms with van der Waals surface area (Å²) in [5, 5.41) is 18.4. The first-order valence-corrected chi connectivity index (χ1v) is 9.58. The van der Waals surface area contributed by atoms with Gasteiger partial charge in [0.1, 0.15) is 6.23 Å². The zero-order valence-electron chi connectivity index (χ0n) is 16.0. The van der Waals surface area contributed by atoms with E-state index < -0.39 is 6.23 Å². The maximum atomic E-state index is 9.57. The zero-order valence-corrected chi connectivity index (χ0v) is 16.0. The van der Waals surface area contributed by atoms with Crippen molar-refractivity contribution in [2.24, 2.45) is 5.73 Å². The predicted octanol–water partition coefficient (Wildman–Crippen LogP) is 3.05. The summed E-state index contributed by atoms with van der Waals surface area (Å²) in [6, 6.07) is 17.5. The van der Waals surface area contributed by atoms with Crippen LogP contribution in [-0.2, 0) is 5.41 Å². The highest BCUT2D eigenvalue weighted by Crippen LogP contribution is 2.43. The lowest BCUT2D eigenvalue weighted by Gasteiger charge is -2.44. The number of pyridine rings is 1. The van der Waals surface area contributed by atoms with Gasteiger partial charge in [-0.25, -0.2) is 0 Å². The number of nitrogens with two attached hydrogens (primary N) is 1. The van der Waals surface area contributed by atoms with Crippen molar-refractivity contribution in [2.45, 2.75) is 30.9 Å². The second kappa shape index (κ2) is 7.66. The molecule has 0 aliphatic heterocycles. The van der Waals surface area contributed by atoms with Crippen molar-refractivity contribution in [1.82, 2.24) is 15.2 Å². The Bertz CT molecular complexity index is 923. The molecule has 0 amide bonds. The van der Waals surface area contributed by atoms with E-state index in [0.29, 0.717) is 5.56 Å². The monoisotopic (exact) mass is 375 g/mol. The van der Waals surface area contributed by atoms with Gasteiger partial charge in [0.15, 0.2) is 5.82 Å². The molecule has 1 atom stereocenters. The van der Waals surface area contributed by atoms with Crippen molar-refractivity contribution in [1.29, 1.82) is 0 Å². The third-order valence-electron chi connectivity index (χ3n) is 5.62. The maximum Gasteiger partial charge on any atom is 0.151 e. The molecule has 1 aliphatic rings. The van der Waals surface area contributed by atoms with E-state index >= 15 is 0 Å². The molecule has 6 heteroatoms. The van der Waals surface area contributed by atoms with Crippen LogP contribution >= 0.6 is 0 Å². The molecule has 1 unspecified atom stereocenters. The molecule has 0 saturated heterocycles. The molecule has 1 saturated carbocycles. The van der Waals surface area contributed by atoms with Gasteiger partial charge in [0.25, 0.3) is 0 Å². The van der Waals surface area contributed by atoms with E-state index in [4.69, 9.17) is 5.73 Å². The number of rotatable bonds is 6. The highest BCUT2D eigenvalue weighted by atomic mass is 16.3. The summed E-state index contributed by atoms with van der Waals surface area (Å²) in [6.45, 7) is 0.868. The number of aliphatic hydroxyl groups is 1. The van der Waals surface area contributed by atoms with Crippen molar-refractivity contribution in [3.8, 4) is 11.3 Å². The molecule has 6 nitrogen and oxygen atoms in total. The summed E-state index contributed by atoms with van der Waals surface area (Å²) in [4.78, 5) is 6.76. The van der Waals surface area contributed by atoms with Crippen molar-refractivity contribution >= 4 is 5.82 Å². The normalized spacial score (nSPS) is 16.2. The second-order valence-electron chi connectivity index (χ2n) is 7.55. The summed E-state index contributed by atoms with van der Waals surface area (Å²) in [5.74, 6) is 0.834. The molecular formula is C22H25N5O. The topological polar surface area (TPSA) is 88.2 Å². The molecule has 1 fully saturated rings. The molecule has 28 heavy (non-hydrogen) atoms. The number of likely N-dealkylation sites (N-methyl/N-ethyl adjacent to an activating group) is 1. The minimum atomic E-state index is -0.997. The molecule has 4 rings (SSSR count). The Hall–Kier alpha value is -2.83. The highest BCUT2D eigenvalue weighted by molar-refractivity contribution is 5.60. The van der Waals surface area contributed by atoms with Gasteiger partial charge in [-0.2, -0.15) is 0 Å². The Morgan fingerprint density at radius 3 is 2.57 bits per heavy atom. The Morgan fingerprint density at radius 1 is 1.11 bits per heavy atom. The molecule has 0 spiro atoms. The second-order valence-corrected chi connectivity index (χ2v) is 7.55. The van der Waals surface area contributed by atoms with Gasteiger partial charge in [0, 0.05) is 36.5 Å². The number of anilines is 1. The SMILES string of the molecule is CN(CC1(c2ccccn2)CCC1)c1ccc(-c2cccc(C(N)O)c2)nn1. The van der Waals surface area contributed by atoms with Gasteiger partial charge in [-0.1, -0.05) is 30.7 Å². The fraction of sp³-hybridized carbons (Fsp3) is 0.318. The number of hydrogen-bond donors (Lipinski definition) is 2. The van der Waals surface area contributed by atoms with E-state index in [-0.39, 0.29) is 5.41 Å². The van der Waals surface area contributed by atoms with Crippen LogP contribution in [0.1, 0.15) is 36.7 Å². The van der Waals surface area contributed by atoms with Crippen LogP contribution in [0.2, 0.25) is 0 Å². The number of nitrogens with zero attached hydrogens (tertiary/aromatic N) is 4. The fourth-order valence-electron chi connectivity index (χ4n) is 3.88. The van der Waals surface area contributed by atoms with Crippen LogP contribution in [-0.4, -0.2) is 33.9 Å². The van der Waals surface area contributed by atoms with Crippen molar-refractivity contribution in [3.63, 3.8) is 0 Å². The van der Waals surface area contributed by atoms with E-state index in [1.807, 2.05) is 42.6 Å². The zero-order chi connectivity index (χ0) is 19.6. The summed E-state index contributed by atoms with van der Waals surface area (Å²) in [5.41, 5.74) is 9.11. The average Bonchev–Trinajstić information content (AvgIpc) is 2.71. The van der Waals surface area contributed by atoms with Crippen LogP contribution in [0.5, 0.6) is 0 Å². The largest absolute Gasteiger partial charge is 0.375 e. The van der Waals surface area contributed by atoms with Crippen LogP contribution < -0.4 is 10.6 Å². The first-order valence-electron chi connectivity index (χ1n) is 9.58. The minimum Gasteiger partial charge on any atom is -0.375 e. The molecule has 2 heterocycles. The lowest BCUT2D eigenvalue weighted by Crippen LogP contribution is -2.45. The lowest BCUT2D eigenvalue weighted by atomic mass is 9.66. The Labute approximate surface area is 165 Å². The van der Waals surface area contributed by atoms with Gasteiger partial charge in [-0.3, -0.25) is 4.98 Å². The van der Waals surface area contributed by atoms with Crippen LogP contribution in [0.4, 0.5) is 5.82 Å². The smallest absolute Gasteiger partial charge is 0.151 e. The van der Waals surface area contributed by atoms with Gasteiger partial charge in [0.2, 0.25) is 0 Å². The van der Waals surface area contributed by atoms with Crippen LogP contribution in [0.3, 0.4) is 0 Å². The standard InChI is InChI=1S/C22H25N5O/c1-27(15-22(11-5-12-22)19-8-2-3-13-24-19)20-10-9-18(25-26-20)16-6-4-7-17(14-16)21(23)28/h2-4,6-10,13-14,21,28H,5,11-12,15,23H2,1H3.